The number of piperidine rings is 1. The molecule has 0 aliphatic carbocycles. The third-order valence-corrected chi connectivity index (χ3v) is 5.99. The third kappa shape index (κ3) is 5.27. The van der Waals surface area contributed by atoms with E-state index in [0.29, 0.717) is 32.3 Å². The smallest absolute Gasteiger partial charge is 0.248 e. The molecular weight excluding hydrogens is 455 g/mol. The molecule has 2 heterocycles. The molecule has 3 aromatic rings. The molecule has 0 spiro atoms. The Kier molecular flexibility index (Phi) is 6.91. The maximum Gasteiger partial charge on any atom is 0.248 e. The lowest BCUT2D eigenvalue weighted by Gasteiger charge is -2.31. The lowest BCUT2D eigenvalue weighted by Crippen LogP contribution is -2.30. The highest BCUT2D eigenvalue weighted by molar-refractivity contribution is 6.36. The van der Waals surface area contributed by atoms with Crippen molar-refractivity contribution in [2.24, 2.45) is 0 Å². The van der Waals surface area contributed by atoms with E-state index in [1.54, 1.807) is 36.4 Å². The molecule has 1 aliphatic heterocycles. The van der Waals surface area contributed by atoms with Crippen LogP contribution < -0.4 is 10.2 Å². The van der Waals surface area contributed by atoms with E-state index in [4.69, 9.17) is 39.2 Å². The number of anilines is 2. The number of hydrogen-bond donors (Lipinski definition) is 1. The number of nitrogens with zero attached hydrogens (tertiary/aromatic N) is 1. The molecule has 4 rings (SSSR count). The molecule has 0 unspecified atom stereocenters. The van der Waals surface area contributed by atoms with Crippen LogP contribution in [0, 0.1) is 0 Å². The van der Waals surface area contributed by atoms with Gasteiger partial charge < -0.3 is 14.6 Å². The van der Waals surface area contributed by atoms with Crippen LogP contribution in [0.3, 0.4) is 0 Å². The largest absolute Gasteiger partial charge is 0.457 e. The van der Waals surface area contributed by atoms with Crippen LogP contribution in [0.5, 0.6) is 0 Å². The summed E-state index contributed by atoms with van der Waals surface area (Å²) in [7, 11) is 0. The maximum atomic E-state index is 12.6. The van der Waals surface area contributed by atoms with Gasteiger partial charge in [-0.15, -0.1) is 0 Å². The Morgan fingerprint density at radius 3 is 2.55 bits per heavy atom. The number of nitrogens with one attached hydrogen (secondary N) is 1. The summed E-state index contributed by atoms with van der Waals surface area (Å²) in [6.45, 7) is 1.87. The maximum absolute atomic E-state index is 12.6. The second kappa shape index (κ2) is 9.82. The second-order valence-corrected chi connectivity index (χ2v) is 8.58. The first-order valence-electron chi connectivity index (χ1n) is 10.1. The van der Waals surface area contributed by atoms with Crippen LogP contribution in [-0.2, 0) is 4.79 Å². The fourth-order valence-electron chi connectivity index (χ4n) is 3.66. The molecule has 7 heteroatoms. The summed E-state index contributed by atoms with van der Waals surface area (Å²) in [6, 6.07) is 14.3. The standard InChI is InChI=1S/C24H21Cl3N2O2/c25-16-7-10-18(20(27)15-16)22-11-8-17(31-22)9-12-23(30)28-21-6-4-5-19(26)24(21)29-13-2-1-3-14-29/h4-12,15H,1-3,13-14H2,(H,28,30). The fourth-order valence-corrected chi connectivity index (χ4v) is 4.46. The second-order valence-electron chi connectivity index (χ2n) is 7.33. The molecule has 1 fully saturated rings. The van der Waals surface area contributed by atoms with Crippen molar-refractivity contribution in [2.45, 2.75) is 19.3 Å². The van der Waals surface area contributed by atoms with Gasteiger partial charge in [0.1, 0.15) is 11.5 Å². The van der Waals surface area contributed by atoms with Crippen LogP contribution in [-0.4, -0.2) is 19.0 Å². The lowest BCUT2D eigenvalue weighted by molar-refractivity contribution is -0.111. The van der Waals surface area contributed by atoms with Gasteiger partial charge in [-0.1, -0.05) is 40.9 Å². The molecule has 4 nitrogen and oxygen atoms in total. The van der Waals surface area contributed by atoms with Crippen LogP contribution >= 0.6 is 34.8 Å². The predicted octanol–water partition coefficient (Wildman–Crippen LogP) is 7.55. The van der Waals surface area contributed by atoms with Gasteiger partial charge in [0.05, 0.1) is 21.4 Å². The number of carbonyl (C=O) groups excluding carboxylic acids is 1. The summed E-state index contributed by atoms with van der Waals surface area (Å²) >= 11 is 18.6. The Labute approximate surface area is 196 Å². The molecule has 0 bridgehead atoms. The first-order valence-corrected chi connectivity index (χ1v) is 11.2. The zero-order chi connectivity index (χ0) is 21.8. The first-order chi connectivity index (χ1) is 15.0. The molecule has 0 saturated carbocycles. The molecular formula is C24H21Cl3N2O2. The summed E-state index contributed by atoms with van der Waals surface area (Å²) in [5.41, 5.74) is 2.32. The van der Waals surface area contributed by atoms with Crippen molar-refractivity contribution >= 4 is 58.2 Å². The van der Waals surface area contributed by atoms with Gasteiger partial charge in [-0.25, -0.2) is 0 Å². The number of hydrogen-bond acceptors (Lipinski definition) is 3. The monoisotopic (exact) mass is 474 g/mol. The highest BCUT2D eigenvalue weighted by atomic mass is 35.5. The highest BCUT2D eigenvalue weighted by Gasteiger charge is 2.18. The summed E-state index contributed by atoms with van der Waals surface area (Å²) in [4.78, 5) is 14.8. The van der Waals surface area contributed by atoms with Gasteiger partial charge in [0.15, 0.2) is 0 Å². The highest BCUT2D eigenvalue weighted by Crippen LogP contribution is 2.36. The van der Waals surface area contributed by atoms with E-state index < -0.39 is 0 Å². The van der Waals surface area contributed by atoms with Crippen molar-refractivity contribution in [3.8, 4) is 11.3 Å². The Morgan fingerprint density at radius 1 is 0.968 bits per heavy atom. The summed E-state index contributed by atoms with van der Waals surface area (Å²) in [6.07, 6.45) is 6.52. The van der Waals surface area contributed by atoms with Crippen molar-refractivity contribution in [3.05, 3.63) is 75.4 Å². The molecule has 1 aromatic heterocycles. The Morgan fingerprint density at radius 2 is 1.77 bits per heavy atom. The van der Waals surface area contributed by atoms with Crippen LogP contribution in [0.4, 0.5) is 11.4 Å². The van der Waals surface area contributed by atoms with E-state index in [-0.39, 0.29) is 5.91 Å². The molecule has 0 radical (unpaired) electrons. The molecule has 1 saturated heterocycles. The third-order valence-electron chi connectivity index (χ3n) is 5.14. The van der Waals surface area contributed by atoms with E-state index in [1.807, 2.05) is 18.2 Å². The van der Waals surface area contributed by atoms with Gasteiger partial charge in [0.25, 0.3) is 0 Å². The topological polar surface area (TPSA) is 45.5 Å². The molecule has 1 amide bonds. The van der Waals surface area contributed by atoms with Crippen LogP contribution in [0.25, 0.3) is 17.4 Å². The molecule has 0 atom stereocenters. The van der Waals surface area contributed by atoms with Crippen molar-refractivity contribution in [2.75, 3.05) is 23.3 Å². The van der Waals surface area contributed by atoms with E-state index in [1.165, 1.54) is 12.5 Å². The summed E-state index contributed by atoms with van der Waals surface area (Å²) < 4.78 is 5.81. The summed E-state index contributed by atoms with van der Waals surface area (Å²) in [5.74, 6) is 0.880. The van der Waals surface area contributed by atoms with Crippen molar-refractivity contribution in [1.82, 2.24) is 0 Å². The average Bonchev–Trinajstić information content (AvgIpc) is 3.22. The minimum atomic E-state index is -0.261. The predicted molar refractivity (Wildman–Crippen MR) is 129 cm³/mol. The van der Waals surface area contributed by atoms with Gasteiger partial charge in [0, 0.05) is 29.8 Å². The van der Waals surface area contributed by atoms with Gasteiger partial charge in [-0.3, -0.25) is 4.79 Å². The SMILES string of the molecule is O=C(C=Cc1ccc(-c2ccc(Cl)cc2Cl)o1)Nc1cccc(Cl)c1N1CCCCC1. The number of para-hydroxylation sites is 1. The van der Waals surface area contributed by atoms with Gasteiger partial charge in [-0.05, 0) is 67.8 Å². The number of benzene rings is 2. The number of rotatable bonds is 5. The number of carbonyl (C=O) groups is 1. The normalized spacial score (nSPS) is 14.2. The molecule has 2 aromatic carbocycles. The van der Waals surface area contributed by atoms with E-state index >= 15 is 0 Å². The fraction of sp³-hybridized carbons (Fsp3) is 0.208. The van der Waals surface area contributed by atoms with Gasteiger partial charge in [-0.2, -0.15) is 0 Å². The lowest BCUT2D eigenvalue weighted by atomic mass is 10.1. The van der Waals surface area contributed by atoms with E-state index in [9.17, 15) is 4.79 Å². The first kappa shape index (κ1) is 21.8. The summed E-state index contributed by atoms with van der Waals surface area (Å²) in [5, 5.41) is 4.64. The molecule has 1 aliphatic rings. The van der Waals surface area contributed by atoms with Crippen LogP contribution in [0.1, 0.15) is 25.0 Å². The molecule has 1 N–H and O–H groups in total. The number of amides is 1. The van der Waals surface area contributed by atoms with Crippen molar-refractivity contribution < 1.29 is 9.21 Å². The number of furan rings is 1. The molecule has 31 heavy (non-hydrogen) atoms. The van der Waals surface area contributed by atoms with Crippen molar-refractivity contribution in [3.63, 3.8) is 0 Å². The average molecular weight is 476 g/mol. The quantitative estimate of drug-likeness (QED) is 0.387. The van der Waals surface area contributed by atoms with Crippen LogP contribution in [0.15, 0.2) is 59.0 Å². The van der Waals surface area contributed by atoms with E-state index in [0.717, 1.165) is 37.2 Å². The van der Waals surface area contributed by atoms with Crippen LogP contribution in [0.2, 0.25) is 15.1 Å². The van der Waals surface area contributed by atoms with E-state index in [2.05, 4.69) is 10.2 Å². The Hall–Kier alpha value is -2.40. The minimum absolute atomic E-state index is 0.261. The van der Waals surface area contributed by atoms with Gasteiger partial charge >= 0.3 is 0 Å². The Bertz CT molecular complexity index is 1120. The van der Waals surface area contributed by atoms with Gasteiger partial charge in [0.2, 0.25) is 5.91 Å². The zero-order valence-electron chi connectivity index (χ0n) is 16.7. The Balaban J connectivity index is 1.47. The number of halogens is 3. The molecule has 160 valence electrons. The minimum Gasteiger partial charge on any atom is -0.457 e. The van der Waals surface area contributed by atoms with Crippen molar-refractivity contribution in [1.29, 1.82) is 0 Å². The zero-order valence-corrected chi connectivity index (χ0v) is 19.0.